The van der Waals surface area contributed by atoms with Gasteiger partial charge < -0.3 is 5.32 Å². The summed E-state index contributed by atoms with van der Waals surface area (Å²) in [6.45, 7) is 5.64. The first-order valence-electron chi connectivity index (χ1n) is 7.41. The van der Waals surface area contributed by atoms with Crippen molar-refractivity contribution in [3.05, 3.63) is 17.0 Å². The Hall–Kier alpha value is -0.0800. The van der Waals surface area contributed by atoms with E-state index in [1.54, 1.807) is 6.07 Å². The van der Waals surface area contributed by atoms with Gasteiger partial charge in [-0.15, -0.1) is 11.3 Å². The molecule has 1 fully saturated rings. The summed E-state index contributed by atoms with van der Waals surface area (Å²) < 4.78 is 27.7. The molecule has 0 saturated carbocycles. The van der Waals surface area contributed by atoms with Crippen molar-refractivity contribution in [3.8, 4) is 0 Å². The lowest BCUT2D eigenvalue weighted by molar-refractivity contribution is 0.581. The zero-order chi connectivity index (χ0) is 15.3. The molecule has 0 aliphatic carbocycles. The Bertz CT molecular complexity index is 534. The van der Waals surface area contributed by atoms with Crippen LogP contribution in [0.25, 0.3) is 0 Å². The van der Waals surface area contributed by atoms with E-state index in [9.17, 15) is 8.42 Å². The lowest BCUT2D eigenvalue weighted by Gasteiger charge is -2.09. The first-order valence-corrected chi connectivity index (χ1v) is 10.8. The summed E-state index contributed by atoms with van der Waals surface area (Å²) in [6.07, 6.45) is 3.18. The van der Waals surface area contributed by atoms with Gasteiger partial charge in [-0.1, -0.05) is 13.8 Å². The molecule has 0 amide bonds. The predicted octanol–water partition coefficient (Wildman–Crippen LogP) is 2.46. The van der Waals surface area contributed by atoms with Gasteiger partial charge in [0.2, 0.25) is 10.0 Å². The predicted molar refractivity (Wildman–Crippen MR) is 91.8 cm³/mol. The first-order chi connectivity index (χ1) is 9.97. The van der Waals surface area contributed by atoms with Gasteiger partial charge in [0.1, 0.15) is 4.21 Å². The van der Waals surface area contributed by atoms with E-state index in [0.29, 0.717) is 22.0 Å². The van der Waals surface area contributed by atoms with Crippen LogP contribution in [0.15, 0.2) is 16.3 Å². The average Bonchev–Trinajstić information content (AvgIpc) is 3.07. The number of hydrogen-bond acceptors (Lipinski definition) is 5. The molecule has 4 nitrogen and oxygen atoms in total. The van der Waals surface area contributed by atoms with Crippen molar-refractivity contribution in [2.24, 2.45) is 0 Å². The van der Waals surface area contributed by atoms with E-state index in [-0.39, 0.29) is 0 Å². The van der Waals surface area contributed by atoms with Crippen LogP contribution >= 0.6 is 23.1 Å². The molecular formula is C14H24N2O2S3. The van der Waals surface area contributed by atoms with Gasteiger partial charge in [0.15, 0.2) is 0 Å². The van der Waals surface area contributed by atoms with Crippen LogP contribution < -0.4 is 10.0 Å². The molecule has 2 rings (SSSR count). The zero-order valence-corrected chi connectivity index (χ0v) is 15.0. The van der Waals surface area contributed by atoms with Crippen LogP contribution in [0.2, 0.25) is 0 Å². The van der Waals surface area contributed by atoms with Crippen LogP contribution in [0.1, 0.15) is 31.6 Å². The molecule has 120 valence electrons. The topological polar surface area (TPSA) is 58.2 Å². The maximum atomic E-state index is 12.3. The minimum atomic E-state index is -3.33. The minimum Gasteiger partial charge on any atom is -0.314 e. The second kappa shape index (κ2) is 7.97. The molecule has 7 heteroatoms. The highest BCUT2D eigenvalue weighted by Crippen LogP contribution is 2.26. The largest absolute Gasteiger partial charge is 0.314 e. The molecule has 2 heterocycles. The van der Waals surface area contributed by atoms with Crippen molar-refractivity contribution in [1.82, 2.24) is 10.0 Å². The van der Waals surface area contributed by atoms with Gasteiger partial charge in [0.25, 0.3) is 0 Å². The maximum absolute atomic E-state index is 12.3. The van der Waals surface area contributed by atoms with Gasteiger partial charge in [0.05, 0.1) is 0 Å². The van der Waals surface area contributed by atoms with Gasteiger partial charge in [0, 0.05) is 29.3 Å². The van der Waals surface area contributed by atoms with Crippen molar-refractivity contribution in [2.75, 3.05) is 18.8 Å². The fourth-order valence-corrected chi connectivity index (χ4v) is 5.99. The van der Waals surface area contributed by atoms with E-state index >= 15 is 0 Å². The highest BCUT2D eigenvalue weighted by molar-refractivity contribution is 8.00. The molecule has 1 atom stereocenters. The third-order valence-electron chi connectivity index (χ3n) is 3.35. The molecule has 1 aliphatic rings. The van der Waals surface area contributed by atoms with Crippen LogP contribution in [0.3, 0.4) is 0 Å². The molecule has 1 saturated heterocycles. The Morgan fingerprint density at radius 2 is 2.19 bits per heavy atom. The molecule has 0 radical (unpaired) electrons. The number of hydrogen-bond donors (Lipinski definition) is 2. The van der Waals surface area contributed by atoms with E-state index in [4.69, 9.17) is 0 Å². The van der Waals surface area contributed by atoms with Crippen molar-refractivity contribution in [1.29, 1.82) is 0 Å². The standard InChI is InChI=1S/C14H24N2O2S3/c1-11(2)15-8-7-12-5-6-14(20-12)21(17,18)16-10-13-4-3-9-19-13/h5-6,11,13,15-16H,3-4,7-10H2,1-2H3. The molecular weight excluding hydrogens is 324 g/mol. The van der Waals surface area contributed by atoms with Gasteiger partial charge in [-0.25, -0.2) is 13.1 Å². The van der Waals surface area contributed by atoms with Crippen LogP contribution in [-0.2, 0) is 16.4 Å². The summed E-state index contributed by atoms with van der Waals surface area (Å²) >= 11 is 3.24. The molecule has 0 bridgehead atoms. The third-order valence-corrected chi connectivity index (χ3v) is 7.81. The number of sulfonamides is 1. The molecule has 0 aromatic carbocycles. The van der Waals surface area contributed by atoms with Crippen molar-refractivity contribution in [3.63, 3.8) is 0 Å². The molecule has 1 aliphatic heterocycles. The second-order valence-corrected chi connectivity index (χ2v) is 10.1. The van der Waals surface area contributed by atoms with E-state index in [0.717, 1.165) is 30.0 Å². The minimum absolute atomic E-state index is 0.435. The SMILES string of the molecule is CC(C)NCCc1ccc(S(=O)(=O)NCC2CCCS2)s1. The Morgan fingerprint density at radius 3 is 2.86 bits per heavy atom. The Labute approximate surface area is 136 Å². The third kappa shape index (κ3) is 5.56. The van der Waals surface area contributed by atoms with Crippen molar-refractivity contribution >= 4 is 33.1 Å². The monoisotopic (exact) mass is 348 g/mol. The molecule has 2 N–H and O–H groups in total. The van der Waals surface area contributed by atoms with Crippen LogP contribution in [0.5, 0.6) is 0 Å². The van der Waals surface area contributed by atoms with Gasteiger partial charge in [-0.3, -0.25) is 0 Å². The van der Waals surface area contributed by atoms with Crippen LogP contribution in [0, 0.1) is 0 Å². The van der Waals surface area contributed by atoms with Crippen LogP contribution in [0.4, 0.5) is 0 Å². The van der Waals surface area contributed by atoms with Crippen molar-refractivity contribution < 1.29 is 8.42 Å². The van der Waals surface area contributed by atoms with Crippen LogP contribution in [-0.4, -0.2) is 38.6 Å². The number of thiophene rings is 1. The summed E-state index contributed by atoms with van der Waals surface area (Å²) in [5.74, 6) is 1.15. The zero-order valence-electron chi connectivity index (χ0n) is 12.6. The van der Waals surface area contributed by atoms with Crippen molar-refractivity contribution in [2.45, 2.75) is 48.6 Å². The van der Waals surface area contributed by atoms with E-state index < -0.39 is 10.0 Å². The highest BCUT2D eigenvalue weighted by atomic mass is 32.2. The fourth-order valence-electron chi connectivity index (χ4n) is 2.20. The molecule has 21 heavy (non-hydrogen) atoms. The Kier molecular flexibility index (Phi) is 6.55. The molecule has 0 spiro atoms. The van der Waals surface area contributed by atoms with E-state index in [2.05, 4.69) is 23.9 Å². The second-order valence-electron chi connectivity index (χ2n) is 5.57. The summed E-state index contributed by atoms with van der Waals surface area (Å²) in [4.78, 5) is 1.11. The summed E-state index contributed by atoms with van der Waals surface area (Å²) in [5, 5.41) is 3.78. The quantitative estimate of drug-likeness (QED) is 0.758. The Morgan fingerprint density at radius 1 is 1.38 bits per heavy atom. The smallest absolute Gasteiger partial charge is 0.250 e. The fraction of sp³-hybridized carbons (Fsp3) is 0.714. The maximum Gasteiger partial charge on any atom is 0.250 e. The number of nitrogens with one attached hydrogen (secondary N) is 2. The number of thioether (sulfide) groups is 1. The summed E-state index contributed by atoms with van der Waals surface area (Å²) in [6, 6.07) is 4.10. The first kappa shape index (κ1) is 17.3. The Balaban J connectivity index is 1.86. The molecule has 1 unspecified atom stereocenters. The van der Waals surface area contributed by atoms with E-state index in [1.807, 2.05) is 17.8 Å². The normalized spacial score (nSPS) is 19.5. The highest BCUT2D eigenvalue weighted by Gasteiger charge is 2.21. The molecule has 1 aromatic rings. The lowest BCUT2D eigenvalue weighted by atomic mass is 10.2. The average molecular weight is 349 g/mol. The summed E-state index contributed by atoms with van der Waals surface area (Å²) in [7, 11) is -3.33. The summed E-state index contributed by atoms with van der Waals surface area (Å²) in [5.41, 5.74) is 0. The van der Waals surface area contributed by atoms with E-state index in [1.165, 1.54) is 17.8 Å². The number of rotatable bonds is 8. The van der Waals surface area contributed by atoms with Gasteiger partial charge in [-0.05, 0) is 37.1 Å². The van der Waals surface area contributed by atoms with Gasteiger partial charge >= 0.3 is 0 Å². The lowest BCUT2D eigenvalue weighted by Crippen LogP contribution is -2.29. The molecule has 1 aromatic heterocycles. The van der Waals surface area contributed by atoms with Gasteiger partial charge in [-0.2, -0.15) is 11.8 Å².